The van der Waals surface area contributed by atoms with E-state index in [2.05, 4.69) is 74.1 Å². The number of phenols is 1. The summed E-state index contributed by atoms with van der Waals surface area (Å²) in [6.45, 7) is 17.1. The van der Waals surface area contributed by atoms with E-state index in [-0.39, 0.29) is 28.9 Å². The smallest absolute Gasteiger partial charge is 0.289 e. The maximum absolute atomic E-state index is 12.9. The van der Waals surface area contributed by atoms with Crippen molar-refractivity contribution in [2.75, 3.05) is 26.7 Å². The average molecular weight is 494 g/mol. The van der Waals surface area contributed by atoms with Gasteiger partial charge in [-0.15, -0.1) is 10.2 Å². The van der Waals surface area contributed by atoms with Gasteiger partial charge in [0.05, 0.1) is 12.7 Å². The molecule has 0 bridgehead atoms. The summed E-state index contributed by atoms with van der Waals surface area (Å²) in [6, 6.07) is 11.5. The Bertz CT molecular complexity index is 1190. The Morgan fingerprint density at radius 3 is 2.28 bits per heavy atom. The third kappa shape index (κ3) is 5.09. The molecule has 0 fully saturated rings. The molecular weight excluding hydrogens is 454 g/mol. The molecule has 8 heteroatoms. The van der Waals surface area contributed by atoms with Gasteiger partial charge in [0.25, 0.3) is 5.91 Å². The van der Waals surface area contributed by atoms with E-state index >= 15 is 0 Å². The van der Waals surface area contributed by atoms with Crippen molar-refractivity contribution in [1.82, 2.24) is 25.0 Å². The molecule has 1 aromatic heterocycles. The number of methoxy groups -OCH3 is 1. The monoisotopic (exact) mass is 493 g/mol. The van der Waals surface area contributed by atoms with Crippen LogP contribution in [0.2, 0.25) is 0 Å². The van der Waals surface area contributed by atoms with E-state index < -0.39 is 0 Å². The summed E-state index contributed by atoms with van der Waals surface area (Å²) < 4.78 is 7.18. The van der Waals surface area contributed by atoms with Crippen LogP contribution in [0.4, 0.5) is 0 Å². The van der Waals surface area contributed by atoms with Gasteiger partial charge in [0, 0.05) is 23.8 Å². The average Bonchev–Trinajstić information content (AvgIpc) is 3.29. The van der Waals surface area contributed by atoms with Crippen LogP contribution in [0.5, 0.6) is 11.5 Å². The molecule has 1 heterocycles. The molecule has 0 saturated heterocycles. The number of nitrogens with one attached hydrogen (secondary N) is 1. The van der Waals surface area contributed by atoms with E-state index in [0.29, 0.717) is 23.7 Å². The second kappa shape index (κ2) is 11.1. The van der Waals surface area contributed by atoms with Gasteiger partial charge in [0.2, 0.25) is 5.82 Å². The molecule has 0 aliphatic heterocycles. The summed E-state index contributed by atoms with van der Waals surface area (Å²) in [4.78, 5) is 15.3. The zero-order valence-corrected chi connectivity index (χ0v) is 22.7. The van der Waals surface area contributed by atoms with Crippen molar-refractivity contribution in [2.45, 2.75) is 59.9 Å². The SMILES string of the molecule is CCNC(=O)c1nnc(-c2cc(C(C)C)c(OC)cc2O)n1-c1ccc(C(C)(C)N(CC)CC)cc1. The fourth-order valence-electron chi connectivity index (χ4n) is 4.70. The summed E-state index contributed by atoms with van der Waals surface area (Å²) in [7, 11) is 1.58. The normalized spacial score (nSPS) is 11.8. The van der Waals surface area contributed by atoms with Gasteiger partial charge in [0.1, 0.15) is 11.5 Å². The highest BCUT2D eigenvalue weighted by Gasteiger charge is 2.28. The van der Waals surface area contributed by atoms with Crippen LogP contribution in [0.1, 0.15) is 76.1 Å². The first-order chi connectivity index (χ1) is 17.1. The van der Waals surface area contributed by atoms with E-state index in [1.54, 1.807) is 17.7 Å². The summed E-state index contributed by atoms with van der Waals surface area (Å²) in [5, 5.41) is 22.3. The minimum absolute atomic E-state index is 0.00614. The molecular formula is C28H39N5O3. The number of nitrogens with zero attached hydrogens (tertiary/aromatic N) is 4. The fraction of sp³-hybridized carbons (Fsp3) is 0.464. The summed E-state index contributed by atoms with van der Waals surface area (Å²) in [5.74, 6) is 0.967. The molecule has 2 N–H and O–H groups in total. The first-order valence-electron chi connectivity index (χ1n) is 12.6. The Morgan fingerprint density at radius 2 is 1.75 bits per heavy atom. The molecule has 2 aromatic carbocycles. The van der Waals surface area contributed by atoms with E-state index in [1.807, 2.05) is 25.1 Å². The van der Waals surface area contributed by atoms with E-state index in [0.717, 1.165) is 24.3 Å². The predicted molar refractivity (Wildman–Crippen MR) is 143 cm³/mol. The quantitative estimate of drug-likeness (QED) is 0.408. The maximum atomic E-state index is 12.9. The summed E-state index contributed by atoms with van der Waals surface area (Å²) >= 11 is 0. The highest BCUT2D eigenvalue weighted by atomic mass is 16.5. The second-order valence-corrected chi connectivity index (χ2v) is 9.59. The molecule has 0 radical (unpaired) electrons. The summed E-state index contributed by atoms with van der Waals surface area (Å²) in [5.41, 5.74) is 3.15. The van der Waals surface area contributed by atoms with Crippen LogP contribution in [-0.2, 0) is 5.54 Å². The van der Waals surface area contributed by atoms with Crippen LogP contribution in [-0.4, -0.2) is 57.4 Å². The number of carbonyl (C=O) groups is 1. The Hall–Kier alpha value is -3.39. The van der Waals surface area contributed by atoms with Crippen molar-refractivity contribution in [3.63, 3.8) is 0 Å². The van der Waals surface area contributed by atoms with Crippen LogP contribution in [0.15, 0.2) is 36.4 Å². The van der Waals surface area contributed by atoms with Crippen molar-refractivity contribution in [3.8, 4) is 28.6 Å². The minimum atomic E-state index is -0.333. The molecule has 0 atom stereocenters. The predicted octanol–water partition coefficient (Wildman–Crippen LogP) is 5.10. The van der Waals surface area contributed by atoms with Crippen LogP contribution in [0, 0.1) is 0 Å². The highest BCUT2D eigenvalue weighted by Crippen LogP contribution is 2.39. The van der Waals surface area contributed by atoms with Gasteiger partial charge in [-0.25, -0.2) is 0 Å². The third-order valence-electron chi connectivity index (χ3n) is 6.80. The molecule has 8 nitrogen and oxygen atoms in total. The lowest BCUT2D eigenvalue weighted by Crippen LogP contribution is -2.41. The standard InChI is InChI=1S/C28H39N5O3/c1-9-29-27(35)26-31-30-25(22-16-21(18(4)5)24(36-8)17-23(22)34)33(26)20-14-12-19(13-15-20)28(6,7)32(10-2)11-3/h12-18,34H,9-11H2,1-8H3,(H,29,35). The first-order valence-corrected chi connectivity index (χ1v) is 12.6. The number of benzene rings is 2. The molecule has 0 aliphatic carbocycles. The van der Waals surface area contributed by atoms with Gasteiger partial charge >= 0.3 is 0 Å². The van der Waals surface area contributed by atoms with Crippen molar-refractivity contribution in [2.24, 2.45) is 0 Å². The van der Waals surface area contributed by atoms with Crippen LogP contribution >= 0.6 is 0 Å². The van der Waals surface area contributed by atoms with Crippen molar-refractivity contribution in [3.05, 3.63) is 53.3 Å². The molecule has 0 aliphatic rings. The number of rotatable bonds is 10. The van der Waals surface area contributed by atoms with Crippen molar-refractivity contribution >= 4 is 5.91 Å². The fourth-order valence-corrected chi connectivity index (χ4v) is 4.70. The van der Waals surface area contributed by atoms with Gasteiger partial charge in [-0.2, -0.15) is 0 Å². The number of phenolic OH excluding ortho intramolecular Hbond substituents is 1. The van der Waals surface area contributed by atoms with Crippen molar-refractivity contribution < 1.29 is 14.6 Å². The number of ether oxygens (including phenoxy) is 1. The zero-order valence-electron chi connectivity index (χ0n) is 22.7. The van der Waals surface area contributed by atoms with Gasteiger partial charge in [0.15, 0.2) is 5.82 Å². The van der Waals surface area contributed by atoms with Crippen molar-refractivity contribution in [1.29, 1.82) is 0 Å². The molecule has 3 rings (SSSR count). The zero-order chi connectivity index (χ0) is 26.6. The molecule has 3 aromatic rings. The van der Waals surface area contributed by atoms with E-state index in [1.165, 1.54) is 5.56 Å². The summed E-state index contributed by atoms with van der Waals surface area (Å²) in [6.07, 6.45) is 0. The van der Waals surface area contributed by atoms with Crippen LogP contribution in [0.25, 0.3) is 17.1 Å². The molecule has 0 saturated carbocycles. The van der Waals surface area contributed by atoms with E-state index in [4.69, 9.17) is 4.74 Å². The molecule has 194 valence electrons. The van der Waals surface area contributed by atoms with Gasteiger partial charge in [-0.3, -0.25) is 14.3 Å². The van der Waals surface area contributed by atoms with Gasteiger partial charge < -0.3 is 15.2 Å². The second-order valence-electron chi connectivity index (χ2n) is 9.59. The molecule has 0 spiro atoms. The number of hydrogen-bond donors (Lipinski definition) is 2. The lowest BCUT2D eigenvalue weighted by atomic mass is 9.92. The lowest BCUT2D eigenvalue weighted by molar-refractivity contribution is 0.0943. The number of aromatic nitrogens is 3. The van der Waals surface area contributed by atoms with Gasteiger partial charge in [-0.05, 0) is 69.1 Å². The molecule has 1 amide bonds. The minimum Gasteiger partial charge on any atom is -0.507 e. The van der Waals surface area contributed by atoms with Gasteiger partial charge in [-0.1, -0.05) is 39.8 Å². The Kier molecular flexibility index (Phi) is 8.40. The largest absolute Gasteiger partial charge is 0.507 e. The maximum Gasteiger partial charge on any atom is 0.289 e. The molecule has 36 heavy (non-hydrogen) atoms. The Balaban J connectivity index is 2.20. The Morgan fingerprint density at radius 1 is 1.11 bits per heavy atom. The number of carbonyl (C=O) groups excluding carboxylic acids is 1. The van der Waals surface area contributed by atoms with E-state index in [9.17, 15) is 9.90 Å². The topological polar surface area (TPSA) is 92.5 Å². The number of aromatic hydroxyl groups is 1. The molecule has 0 unspecified atom stereocenters. The number of amides is 1. The van der Waals surface area contributed by atoms with Crippen LogP contribution in [0.3, 0.4) is 0 Å². The number of hydrogen-bond acceptors (Lipinski definition) is 6. The van der Waals surface area contributed by atoms with Crippen LogP contribution < -0.4 is 10.1 Å². The first kappa shape index (κ1) is 27.2. The third-order valence-corrected chi connectivity index (χ3v) is 6.80. The lowest BCUT2D eigenvalue weighted by Gasteiger charge is -2.37. The highest BCUT2D eigenvalue weighted by molar-refractivity contribution is 5.92. The Labute approximate surface area is 214 Å².